The highest BCUT2D eigenvalue weighted by Gasteiger charge is 2.37. The molecule has 1 fully saturated rings. The molecule has 120 valence electrons. The number of ether oxygens (including phenoxy) is 1. The van der Waals surface area contributed by atoms with E-state index >= 15 is 0 Å². The smallest absolute Gasteiger partial charge is 0.338 e. The van der Waals surface area contributed by atoms with Gasteiger partial charge in [-0.25, -0.2) is 18.4 Å². The first kappa shape index (κ1) is 16.9. The molecule has 0 saturated carbocycles. The molecule has 1 aliphatic rings. The molecule has 9 heteroatoms. The number of amides is 1. The molecule has 1 atom stereocenters. The highest BCUT2D eigenvalue weighted by atomic mass is 79.9. The van der Waals surface area contributed by atoms with Crippen molar-refractivity contribution in [2.45, 2.75) is 18.6 Å². The van der Waals surface area contributed by atoms with Gasteiger partial charge in [0.05, 0.1) is 17.9 Å². The number of nitrogens with zero attached hydrogens (tertiary/aromatic N) is 1. The molecule has 1 saturated heterocycles. The van der Waals surface area contributed by atoms with Crippen LogP contribution in [0.2, 0.25) is 0 Å². The molecule has 7 nitrogen and oxygen atoms in total. The zero-order valence-electron chi connectivity index (χ0n) is 11.8. The lowest BCUT2D eigenvalue weighted by atomic mass is 10.2. The molecule has 2 N–H and O–H groups in total. The highest BCUT2D eigenvalue weighted by Crippen LogP contribution is 2.32. The number of hydrogen-bond donors (Lipinski definition) is 1. The van der Waals surface area contributed by atoms with Crippen molar-refractivity contribution in [1.82, 2.24) is 0 Å². The average molecular weight is 391 g/mol. The number of primary sulfonamides is 1. The molecule has 0 radical (unpaired) electrons. The molecule has 1 aliphatic heterocycles. The van der Waals surface area contributed by atoms with Crippen LogP contribution in [-0.4, -0.2) is 38.7 Å². The first-order chi connectivity index (χ1) is 10.2. The predicted octanol–water partition coefficient (Wildman–Crippen LogP) is 1.02. The molecule has 0 aliphatic carbocycles. The maximum atomic E-state index is 12.0. The molecule has 1 aromatic rings. The van der Waals surface area contributed by atoms with Crippen LogP contribution in [0, 0.1) is 0 Å². The number of sulfonamides is 1. The number of carbonyl (C=O) groups excluding carboxylic acids is 2. The molecular formula is C13H15BrN2O5S. The Hall–Kier alpha value is -1.45. The van der Waals surface area contributed by atoms with E-state index in [-0.39, 0.29) is 25.5 Å². The van der Waals surface area contributed by atoms with E-state index in [0.717, 1.165) is 0 Å². The van der Waals surface area contributed by atoms with E-state index in [4.69, 9.17) is 9.88 Å². The lowest BCUT2D eigenvalue weighted by Crippen LogP contribution is -2.32. The van der Waals surface area contributed by atoms with Gasteiger partial charge < -0.3 is 9.64 Å². The minimum Gasteiger partial charge on any atom is -0.462 e. The largest absolute Gasteiger partial charge is 0.462 e. The molecule has 2 rings (SSSR count). The SMILES string of the molecule is CCOC(=O)c1ccc(N2CC(S(N)(=O)=O)CC2=O)c(Br)c1. The van der Waals surface area contributed by atoms with Crippen LogP contribution in [0.15, 0.2) is 22.7 Å². The summed E-state index contributed by atoms with van der Waals surface area (Å²) in [5.74, 6) is -0.798. The van der Waals surface area contributed by atoms with Crippen LogP contribution in [-0.2, 0) is 19.6 Å². The van der Waals surface area contributed by atoms with Crippen LogP contribution in [0.4, 0.5) is 5.69 Å². The summed E-state index contributed by atoms with van der Waals surface area (Å²) < 4.78 is 28.2. The predicted molar refractivity (Wildman–Crippen MR) is 84.0 cm³/mol. The van der Waals surface area contributed by atoms with Crippen LogP contribution in [0.5, 0.6) is 0 Å². The number of esters is 1. The minimum atomic E-state index is -3.77. The Labute approximate surface area is 136 Å². The van der Waals surface area contributed by atoms with Crippen molar-refractivity contribution in [2.75, 3.05) is 18.1 Å². The summed E-state index contributed by atoms with van der Waals surface area (Å²) in [5.41, 5.74) is 0.830. The summed E-state index contributed by atoms with van der Waals surface area (Å²) in [6, 6.07) is 4.63. The van der Waals surface area contributed by atoms with Crippen molar-refractivity contribution >= 4 is 43.5 Å². The molecule has 1 aromatic carbocycles. The van der Waals surface area contributed by atoms with E-state index in [0.29, 0.717) is 15.7 Å². The summed E-state index contributed by atoms with van der Waals surface area (Å²) in [7, 11) is -3.77. The lowest BCUT2D eigenvalue weighted by Gasteiger charge is -2.18. The molecule has 0 bridgehead atoms. The number of anilines is 1. The Kier molecular flexibility index (Phi) is 4.88. The third-order valence-corrected chi connectivity index (χ3v) is 5.18. The van der Waals surface area contributed by atoms with E-state index in [1.807, 2.05) is 0 Å². The molecule has 0 spiro atoms. The van der Waals surface area contributed by atoms with Crippen LogP contribution < -0.4 is 10.0 Å². The van der Waals surface area contributed by atoms with Gasteiger partial charge in [0.15, 0.2) is 0 Å². The van der Waals surface area contributed by atoms with Crippen molar-refractivity contribution < 1.29 is 22.7 Å². The van der Waals surface area contributed by atoms with E-state index in [9.17, 15) is 18.0 Å². The second-order valence-electron chi connectivity index (χ2n) is 4.81. The van der Waals surface area contributed by atoms with Crippen molar-refractivity contribution in [2.24, 2.45) is 5.14 Å². The fourth-order valence-corrected chi connectivity index (χ4v) is 3.52. The number of nitrogens with two attached hydrogens (primary N) is 1. The zero-order valence-corrected chi connectivity index (χ0v) is 14.2. The fourth-order valence-electron chi connectivity index (χ4n) is 2.19. The molecule has 1 amide bonds. The van der Waals surface area contributed by atoms with E-state index in [1.54, 1.807) is 13.0 Å². The third kappa shape index (κ3) is 3.47. The summed E-state index contributed by atoms with van der Waals surface area (Å²) in [6.07, 6.45) is -0.148. The van der Waals surface area contributed by atoms with E-state index < -0.39 is 21.2 Å². The number of rotatable bonds is 4. The number of halogens is 1. The zero-order chi connectivity index (χ0) is 16.5. The molecule has 22 heavy (non-hydrogen) atoms. The second-order valence-corrected chi connectivity index (χ2v) is 7.51. The van der Waals surface area contributed by atoms with Crippen LogP contribution in [0.3, 0.4) is 0 Å². The average Bonchev–Trinajstić information content (AvgIpc) is 2.81. The first-order valence-corrected chi connectivity index (χ1v) is 8.93. The number of carbonyl (C=O) groups is 2. The lowest BCUT2D eigenvalue weighted by molar-refractivity contribution is -0.117. The van der Waals surface area contributed by atoms with E-state index in [2.05, 4.69) is 15.9 Å². The van der Waals surface area contributed by atoms with Gasteiger partial charge in [0.25, 0.3) is 0 Å². The van der Waals surface area contributed by atoms with Gasteiger partial charge in [0.2, 0.25) is 15.9 Å². The molecule has 1 heterocycles. The van der Waals surface area contributed by atoms with Gasteiger partial charge >= 0.3 is 5.97 Å². The number of benzene rings is 1. The third-order valence-electron chi connectivity index (χ3n) is 3.30. The fraction of sp³-hybridized carbons (Fsp3) is 0.385. The standard InChI is InChI=1S/C13H15BrN2O5S/c1-2-21-13(18)8-3-4-11(10(14)5-8)16-7-9(6-12(16)17)22(15,19)20/h3-5,9H,2,6-7H2,1H3,(H2,15,19,20). The summed E-state index contributed by atoms with van der Waals surface area (Å²) >= 11 is 3.29. The highest BCUT2D eigenvalue weighted by molar-refractivity contribution is 9.10. The maximum absolute atomic E-state index is 12.0. The summed E-state index contributed by atoms with van der Waals surface area (Å²) in [5, 5.41) is 4.18. The maximum Gasteiger partial charge on any atom is 0.338 e. The van der Waals surface area contributed by atoms with Crippen molar-refractivity contribution in [3.8, 4) is 0 Å². The van der Waals surface area contributed by atoms with Crippen molar-refractivity contribution in [3.63, 3.8) is 0 Å². The van der Waals surface area contributed by atoms with Crippen LogP contribution in [0.25, 0.3) is 0 Å². The Bertz CT molecular complexity index is 719. The Balaban J connectivity index is 2.27. The number of hydrogen-bond acceptors (Lipinski definition) is 5. The molecule has 1 unspecified atom stereocenters. The molecular weight excluding hydrogens is 376 g/mol. The van der Waals surface area contributed by atoms with Gasteiger partial charge in [-0.05, 0) is 41.1 Å². The summed E-state index contributed by atoms with van der Waals surface area (Å²) in [6.45, 7) is 1.96. The van der Waals surface area contributed by atoms with Crippen LogP contribution in [0.1, 0.15) is 23.7 Å². The van der Waals surface area contributed by atoms with Gasteiger partial charge in [0.1, 0.15) is 5.25 Å². The molecule has 0 aromatic heterocycles. The monoisotopic (exact) mass is 390 g/mol. The van der Waals surface area contributed by atoms with Crippen molar-refractivity contribution in [1.29, 1.82) is 0 Å². The second kappa shape index (κ2) is 6.35. The minimum absolute atomic E-state index is 0.00494. The topological polar surface area (TPSA) is 107 Å². The van der Waals surface area contributed by atoms with Gasteiger partial charge in [-0.15, -0.1) is 0 Å². The summed E-state index contributed by atoms with van der Waals surface area (Å²) in [4.78, 5) is 25.0. The van der Waals surface area contributed by atoms with E-state index in [1.165, 1.54) is 17.0 Å². The van der Waals surface area contributed by atoms with Gasteiger partial charge in [-0.1, -0.05) is 0 Å². The Morgan fingerprint density at radius 1 is 1.50 bits per heavy atom. The first-order valence-electron chi connectivity index (χ1n) is 6.52. The van der Waals surface area contributed by atoms with Gasteiger partial charge in [-0.2, -0.15) is 0 Å². The van der Waals surface area contributed by atoms with Crippen molar-refractivity contribution in [3.05, 3.63) is 28.2 Å². The normalized spacial score (nSPS) is 18.6. The van der Waals surface area contributed by atoms with Gasteiger partial charge in [0, 0.05) is 17.4 Å². The Morgan fingerprint density at radius 2 is 2.18 bits per heavy atom. The van der Waals surface area contributed by atoms with Gasteiger partial charge in [-0.3, -0.25) is 4.79 Å². The Morgan fingerprint density at radius 3 is 2.68 bits per heavy atom. The quantitative estimate of drug-likeness (QED) is 0.772. The van der Waals surface area contributed by atoms with Crippen LogP contribution >= 0.6 is 15.9 Å².